The Morgan fingerprint density at radius 3 is 2.37 bits per heavy atom. The fourth-order valence-corrected chi connectivity index (χ4v) is 4.12. The number of carbonyl (C=O) groups excluding carboxylic acids is 2. The van der Waals surface area contributed by atoms with Crippen molar-refractivity contribution in [3.8, 4) is 0 Å². The fraction of sp³-hybridized carbons (Fsp3) is 0.640. The molecule has 2 rings (SSSR count). The number of aliphatic hydroxyl groups is 1. The predicted octanol–water partition coefficient (Wildman–Crippen LogP) is 0.567. The fourth-order valence-electron chi connectivity index (χ4n) is 4.12. The SMILES string of the molecule is N[C@@H](CCCCNC(=O)CCCCC(=O)[C@@H](CN1CCOCC1)[C@](N)(O)c1ccccc1)C(=O)O. The number of hydrogen-bond donors (Lipinski definition) is 5. The molecule has 1 fully saturated rings. The van der Waals surface area contributed by atoms with Crippen LogP contribution < -0.4 is 16.8 Å². The Labute approximate surface area is 207 Å². The van der Waals surface area contributed by atoms with Crippen molar-refractivity contribution in [2.24, 2.45) is 17.4 Å². The van der Waals surface area contributed by atoms with Crippen LogP contribution in [0.1, 0.15) is 50.5 Å². The van der Waals surface area contributed by atoms with Crippen molar-refractivity contribution in [3.63, 3.8) is 0 Å². The Kier molecular flexibility index (Phi) is 12.3. The summed E-state index contributed by atoms with van der Waals surface area (Å²) in [6.07, 6.45) is 3.22. The lowest BCUT2D eigenvalue weighted by Crippen LogP contribution is -2.53. The van der Waals surface area contributed by atoms with Crippen LogP contribution in [0.25, 0.3) is 0 Å². The molecule has 3 atom stereocenters. The van der Waals surface area contributed by atoms with Crippen molar-refractivity contribution in [1.82, 2.24) is 10.2 Å². The molecule has 10 nitrogen and oxygen atoms in total. The Morgan fingerprint density at radius 2 is 1.71 bits per heavy atom. The first kappa shape index (κ1) is 28.9. The number of ether oxygens (including phenoxy) is 1. The molecule has 7 N–H and O–H groups in total. The minimum absolute atomic E-state index is 0.107. The zero-order chi connectivity index (χ0) is 25.7. The van der Waals surface area contributed by atoms with E-state index in [0.717, 1.165) is 0 Å². The summed E-state index contributed by atoms with van der Waals surface area (Å²) in [5, 5.41) is 22.8. The zero-order valence-electron chi connectivity index (χ0n) is 20.4. The molecule has 0 aromatic heterocycles. The second-order valence-corrected chi connectivity index (χ2v) is 9.12. The van der Waals surface area contributed by atoms with Crippen molar-refractivity contribution >= 4 is 17.7 Å². The van der Waals surface area contributed by atoms with Crippen molar-refractivity contribution in [2.45, 2.75) is 56.7 Å². The van der Waals surface area contributed by atoms with Gasteiger partial charge in [0.1, 0.15) is 11.8 Å². The van der Waals surface area contributed by atoms with Crippen LogP contribution in [0.5, 0.6) is 0 Å². The van der Waals surface area contributed by atoms with E-state index in [0.29, 0.717) is 83.5 Å². The Hall–Kier alpha value is -2.37. The van der Waals surface area contributed by atoms with Gasteiger partial charge in [-0.2, -0.15) is 0 Å². The van der Waals surface area contributed by atoms with Crippen LogP contribution in [0.2, 0.25) is 0 Å². The summed E-state index contributed by atoms with van der Waals surface area (Å²) in [6.45, 7) is 3.32. The summed E-state index contributed by atoms with van der Waals surface area (Å²) >= 11 is 0. The number of ketones is 1. The van der Waals surface area contributed by atoms with Gasteiger partial charge in [0.2, 0.25) is 5.91 Å². The number of carboxylic acids is 1. The van der Waals surface area contributed by atoms with Gasteiger partial charge in [-0.15, -0.1) is 0 Å². The van der Waals surface area contributed by atoms with Crippen molar-refractivity contribution in [1.29, 1.82) is 0 Å². The summed E-state index contributed by atoms with van der Waals surface area (Å²) in [7, 11) is 0. The quantitative estimate of drug-likeness (QED) is 0.164. The summed E-state index contributed by atoms with van der Waals surface area (Å²) in [5.74, 6) is -2.05. The molecule has 1 amide bonds. The van der Waals surface area contributed by atoms with Gasteiger partial charge < -0.3 is 26.0 Å². The summed E-state index contributed by atoms with van der Waals surface area (Å²) in [6, 6.07) is 7.96. The molecule has 1 aliphatic heterocycles. The van der Waals surface area contributed by atoms with Gasteiger partial charge in [0.25, 0.3) is 0 Å². The molecular formula is C25H40N4O6. The molecule has 1 heterocycles. The van der Waals surface area contributed by atoms with Crippen LogP contribution in [0.4, 0.5) is 0 Å². The number of aliphatic carboxylic acids is 1. The first-order valence-electron chi connectivity index (χ1n) is 12.4. The third kappa shape index (κ3) is 10.0. The number of carbonyl (C=O) groups is 3. The molecule has 0 spiro atoms. The van der Waals surface area contributed by atoms with Crippen molar-refractivity contribution in [2.75, 3.05) is 39.4 Å². The summed E-state index contributed by atoms with van der Waals surface area (Å²) in [5.41, 5.74) is 10.5. The first-order chi connectivity index (χ1) is 16.7. The number of Topliss-reactive ketones (excluding diaryl/α,β-unsaturated/α-hetero) is 1. The normalized spacial score (nSPS) is 17.8. The highest BCUT2D eigenvalue weighted by Crippen LogP contribution is 2.28. The smallest absolute Gasteiger partial charge is 0.320 e. The lowest BCUT2D eigenvalue weighted by atomic mass is 9.84. The third-order valence-corrected chi connectivity index (χ3v) is 6.36. The molecule has 0 saturated carbocycles. The van der Waals surface area contributed by atoms with E-state index in [1.807, 2.05) is 6.07 Å². The maximum Gasteiger partial charge on any atom is 0.320 e. The van der Waals surface area contributed by atoms with Gasteiger partial charge in [0.15, 0.2) is 5.72 Å². The van der Waals surface area contributed by atoms with Crippen LogP contribution in [0, 0.1) is 5.92 Å². The van der Waals surface area contributed by atoms with E-state index in [2.05, 4.69) is 10.2 Å². The van der Waals surface area contributed by atoms with Gasteiger partial charge in [0, 0.05) is 39.0 Å². The average Bonchev–Trinajstić information content (AvgIpc) is 2.85. The van der Waals surface area contributed by atoms with E-state index in [9.17, 15) is 19.5 Å². The van der Waals surface area contributed by atoms with Gasteiger partial charge >= 0.3 is 5.97 Å². The second kappa shape index (κ2) is 14.9. The van der Waals surface area contributed by atoms with Crippen LogP contribution in [-0.2, 0) is 24.8 Å². The van der Waals surface area contributed by atoms with Crippen LogP contribution in [-0.4, -0.2) is 78.2 Å². The molecule has 0 bridgehead atoms. The van der Waals surface area contributed by atoms with E-state index < -0.39 is 23.7 Å². The highest BCUT2D eigenvalue weighted by atomic mass is 16.5. The molecule has 196 valence electrons. The van der Waals surface area contributed by atoms with Gasteiger partial charge in [-0.25, -0.2) is 0 Å². The average molecular weight is 493 g/mol. The number of carboxylic acid groups (broad SMARTS) is 1. The van der Waals surface area contributed by atoms with Gasteiger partial charge in [-0.3, -0.25) is 25.0 Å². The van der Waals surface area contributed by atoms with E-state index in [1.54, 1.807) is 24.3 Å². The molecular weight excluding hydrogens is 452 g/mol. The number of rotatable bonds is 16. The predicted molar refractivity (Wildman–Crippen MR) is 131 cm³/mol. The van der Waals surface area contributed by atoms with E-state index >= 15 is 0 Å². The van der Waals surface area contributed by atoms with Crippen molar-refractivity contribution < 1.29 is 29.3 Å². The molecule has 1 aliphatic rings. The van der Waals surface area contributed by atoms with Gasteiger partial charge in [-0.1, -0.05) is 30.3 Å². The molecule has 0 unspecified atom stereocenters. The number of unbranched alkanes of at least 4 members (excludes halogenated alkanes) is 2. The number of benzene rings is 1. The second-order valence-electron chi connectivity index (χ2n) is 9.12. The molecule has 0 radical (unpaired) electrons. The molecule has 35 heavy (non-hydrogen) atoms. The molecule has 0 aliphatic carbocycles. The highest BCUT2D eigenvalue weighted by Gasteiger charge is 2.40. The monoisotopic (exact) mass is 492 g/mol. The molecule has 10 heteroatoms. The van der Waals surface area contributed by atoms with E-state index in [4.69, 9.17) is 21.3 Å². The van der Waals surface area contributed by atoms with Crippen LogP contribution in [0.3, 0.4) is 0 Å². The topological polar surface area (TPSA) is 168 Å². The Bertz CT molecular complexity index is 798. The van der Waals surface area contributed by atoms with Crippen LogP contribution in [0.15, 0.2) is 30.3 Å². The van der Waals surface area contributed by atoms with Crippen molar-refractivity contribution in [3.05, 3.63) is 35.9 Å². The zero-order valence-corrected chi connectivity index (χ0v) is 20.4. The largest absolute Gasteiger partial charge is 0.480 e. The lowest BCUT2D eigenvalue weighted by Gasteiger charge is -2.37. The van der Waals surface area contributed by atoms with Gasteiger partial charge in [0.05, 0.1) is 19.1 Å². The first-order valence-corrected chi connectivity index (χ1v) is 12.4. The number of morpholine rings is 1. The van der Waals surface area contributed by atoms with Crippen LogP contribution >= 0.6 is 0 Å². The Balaban J connectivity index is 1.78. The minimum atomic E-state index is -1.79. The minimum Gasteiger partial charge on any atom is -0.480 e. The summed E-state index contributed by atoms with van der Waals surface area (Å²) in [4.78, 5) is 38.0. The number of nitrogens with two attached hydrogens (primary N) is 2. The number of hydrogen-bond acceptors (Lipinski definition) is 8. The molecule has 1 aromatic carbocycles. The number of nitrogens with one attached hydrogen (secondary N) is 1. The van der Waals surface area contributed by atoms with Gasteiger partial charge in [-0.05, 0) is 37.7 Å². The molecule has 1 saturated heterocycles. The standard InChI is InChI=1S/C25H40N4O6/c26-21(24(32)33)10-6-7-13-28-23(31)12-5-4-11-22(30)20(18-29-14-16-35-17-15-29)25(27,34)19-8-2-1-3-9-19/h1-3,8-9,20-21,34H,4-7,10-18,26-27H2,(H,28,31)(H,32,33)/t20-,21+,25-/m1/s1. The highest BCUT2D eigenvalue weighted by molar-refractivity contribution is 5.82. The molecule has 1 aromatic rings. The van der Waals surface area contributed by atoms with E-state index in [-0.39, 0.29) is 18.1 Å². The summed E-state index contributed by atoms with van der Waals surface area (Å²) < 4.78 is 5.39. The number of nitrogens with zero attached hydrogens (tertiary/aromatic N) is 1. The van der Waals surface area contributed by atoms with E-state index in [1.165, 1.54) is 0 Å². The lowest BCUT2D eigenvalue weighted by molar-refractivity contribution is -0.139. The number of amides is 1. The maximum absolute atomic E-state index is 13.2. The maximum atomic E-state index is 13.2. The Morgan fingerprint density at radius 1 is 1.06 bits per heavy atom. The third-order valence-electron chi connectivity index (χ3n) is 6.36.